The number of nitrogens with zero attached hydrogens (tertiary/aromatic N) is 1. The highest BCUT2D eigenvalue weighted by atomic mass is 19.1. The van der Waals surface area contributed by atoms with E-state index in [1.807, 2.05) is 13.8 Å². The maximum atomic E-state index is 13.9. The lowest BCUT2D eigenvalue weighted by Crippen LogP contribution is -2.27. The monoisotopic (exact) mass is 333 g/mol. The minimum absolute atomic E-state index is 0.0238. The van der Waals surface area contributed by atoms with Gasteiger partial charge in [0.1, 0.15) is 11.6 Å². The fourth-order valence-corrected chi connectivity index (χ4v) is 2.92. The first-order valence-corrected chi connectivity index (χ1v) is 7.82. The van der Waals surface area contributed by atoms with Crippen LogP contribution in [0.2, 0.25) is 0 Å². The van der Waals surface area contributed by atoms with Crippen molar-refractivity contribution < 1.29 is 18.7 Å². The molecular formula is C17H20FN3O3. The third-order valence-electron chi connectivity index (χ3n) is 4.15. The molecule has 1 aromatic heterocycles. The highest BCUT2D eigenvalue weighted by Crippen LogP contribution is 2.30. The molecule has 1 amide bonds. The number of hydrogen-bond donors (Lipinski definition) is 2. The van der Waals surface area contributed by atoms with Crippen LogP contribution in [0.4, 0.5) is 4.39 Å². The first-order valence-electron chi connectivity index (χ1n) is 7.82. The third kappa shape index (κ3) is 3.12. The van der Waals surface area contributed by atoms with Crippen LogP contribution in [0.3, 0.4) is 0 Å². The summed E-state index contributed by atoms with van der Waals surface area (Å²) in [6.45, 7) is 3.96. The van der Waals surface area contributed by atoms with Crippen LogP contribution in [0.1, 0.15) is 47.3 Å². The van der Waals surface area contributed by atoms with Crippen LogP contribution in [-0.2, 0) is 17.7 Å². The fourth-order valence-electron chi connectivity index (χ4n) is 2.92. The lowest BCUT2D eigenvalue weighted by molar-refractivity contribution is -0.00697. The van der Waals surface area contributed by atoms with Gasteiger partial charge in [-0.05, 0) is 19.9 Å². The summed E-state index contributed by atoms with van der Waals surface area (Å²) in [5, 5.41) is 9.71. The third-order valence-corrected chi connectivity index (χ3v) is 4.15. The van der Waals surface area contributed by atoms with Gasteiger partial charge in [-0.1, -0.05) is 6.07 Å². The first-order chi connectivity index (χ1) is 11.5. The summed E-state index contributed by atoms with van der Waals surface area (Å²) in [7, 11) is 1.47. The Balaban J connectivity index is 1.72. The minimum Gasteiger partial charge on any atom is -0.497 e. The zero-order chi connectivity index (χ0) is 17.3. The molecule has 1 aromatic carbocycles. The molecule has 0 saturated heterocycles. The van der Waals surface area contributed by atoms with E-state index < -0.39 is 5.82 Å². The van der Waals surface area contributed by atoms with Crippen molar-refractivity contribution in [1.29, 1.82) is 0 Å². The molecule has 2 atom stereocenters. The normalized spacial score (nSPS) is 19.7. The number of halogens is 1. The molecule has 6 nitrogen and oxygen atoms in total. The van der Waals surface area contributed by atoms with Gasteiger partial charge in [0.25, 0.3) is 5.91 Å². The molecular weight excluding hydrogens is 313 g/mol. The van der Waals surface area contributed by atoms with Gasteiger partial charge in [0, 0.05) is 30.2 Å². The van der Waals surface area contributed by atoms with E-state index in [9.17, 15) is 9.18 Å². The number of fused-ring (bicyclic) bond motifs is 1. The Kier molecular flexibility index (Phi) is 4.53. The highest BCUT2D eigenvalue weighted by Gasteiger charge is 2.29. The molecule has 1 aliphatic heterocycles. The van der Waals surface area contributed by atoms with E-state index in [-0.39, 0.29) is 24.7 Å². The van der Waals surface area contributed by atoms with Crippen molar-refractivity contribution >= 4 is 5.91 Å². The summed E-state index contributed by atoms with van der Waals surface area (Å²) in [5.74, 6) is -0.315. The standard InChI is InChI=1S/C17H20FN3O3/c1-9-6-13-15(10(2)24-9)20-21-16(13)17(22)19-8-11-4-5-12(23-3)7-14(11)18/h4-5,7,9-10H,6,8H2,1-3H3,(H,19,22)(H,20,21)/t9-,10+/m0/s1. The number of aromatic nitrogens is 2. The van der Waals surface area contributed by atoms with Gasteiger partial charge >= 0.3 is 0 Å². The zero-order valence-corrected chi connectivity index (χ0v) is 13.9. The van der Waals surface area contributed by atoms with Crippen molar-refractivity contribution in [2.24, 2.45) is 0 Å². The average Bonchev–Trinajstić information content (AvgIpc) is 2.97. The number of benzene rings is 1. The van der Waals surface area contributed by atoms with Crippen LogP contribution in [0.15, 0.2) is 18.2 Å². The second-order valence-corrected chi connectivity index (χ2v) is 5.90. The van der Waals surface area contributed by atoms with Gasteiger partial charge < -0.3 is 14.8 Å². The molecule has 3 rings (SSSR count). The lowest BCUT2D eigenvalue weighted by Gasteiger charge is -2.25. The van der Waals surface area contributed by atoms with E-state index in [2.05, 4.69) is 15.5 Å². The summed E-state index contributed by atoms with van der Waals surface area (Å²) in [4.78, 5) is 12.4. The number of amides is 1. The molecule has 7 heteroatoms. The largest absolute Gasteiger partial charge is 0.497 e. The van der Waals surface area contributed by atoms with Crippen LogP contribution in [0.5, 0.6) is 5.75 Å². The molecule has 2 aromatic rings. The number of carbonyl (C=O) groups excluding carboxylic acids is 1. The summed E-state index contributed by atoms with van der Waals surface area (Å²) in [6, 6.07) is 4.53. The quantitative estimate of drug-likeness (QED) is 0.901. The topological polar surface area (TPSA) is 76.2 Å². The van der Waals surface area contributed by atoms with Crippen molar-refractivity contribution in [2.75, 3.05) is 7.11 Å². The molecule has 0 bridgehead atoms. The van der Waals surface area contributed by atoms with Crippen LogP contribution < -0.4 is 10.1 Å². The molecule has 0 unspecified atom stereocenters. The predicted octanol–water partition coefficient (Wildman–Crippen LogP) is 2.51. The van der Waals surface area contributed by atoms with Crippen molar-refractivity contribution in [3.8, 4) is 5.75 Å². The Morgan fingerprint density at radius 3 is 3.00 bits per heavy atom. The Morgan fingerprint density at radius 2 is 2.29 bits per heavy atom. The molecule has 0 aliphatic carbocycles. The van der Waals surface area contributed by atoms with Gasteiger partial charge in [0.05, 0.1) is 25.0 Å². The van der Waals surface area contributed by atoms with E-state index in [0.29, 0.717) is 23.4 Å². The number of methoxy groups -OCH3 is 1. The van der Waals surface area contributed by atoms with Gasteiger partial charge in [0.15, 0.2) is 5.69 Å². The Labute approximate surface area is 139 Å². The maximum Gasteiger partial charge on any atom is 0.272 e. The first kappa shape index (κ1) is 16.4. The van der Waals surface area contributed by atoms with Gasteiger partial charge in [-0.2, -0.15) is 5.10 Å². The number of carbonyl (C=O) groups is 1. The number of ether oxygens (including phenoxy) is 2. The van der Waals surface area contributed by atoms with E-state index >= 15 is 0 Å². The van der Waals surface area contributed by atoms with Gasteiger partial charge in [0.2, 0.25) is 0 Å². The van der Waals surface area contributed by atoms with Crippen molar-refractivity contribution in [1.82, 2.24) is 15.5 Å². The maximum absolute atomic E-state index is 13.9. The lowest BCUT2D eigenvalue weighted by atomic mass is 9.99. The van der Waals surface area contributed by atoms with Crippen LogP contribution >= 0.6 is 0 Å². The Hall–Kier alpha value is -2.41. The Bertz CT molecular complexity index is 760. The Morgan fingerprint density at radius 1 is 1.50 bits per heavy atom. The van der Waals surface area contributed by atoms with Crippen LogP contribution in [0, 0.1) is 5.82 Å². The molecule has 0 fully saturated rings. The predicted molar refractivity (Wildman–Crippen MR) is 85.4 cm³/mol. The second-order valence-electron chi connectivity index (χ2n) is 5.90. The molecule has 0 spiro atoms. The molecule has 128 valence electrons. The fraction of sp³-hybridized carbons (Fsp3) is 0.412. The smallest absolute Gasteiger partial charge is 0.272 e. The average molecular weight is 333 g/mol. The van der Waals surface area contributed by atoms with E-state index in [0.717, 1.165) is 11.3 Å². The van der Waals surface area contributed by atoms with Gasteiger partial charge in [-0.25, -0.2) is 4.39 Å². The zero-order valence-electron chi connectivity index (χ0n) is 13.9. The summed E-state index contributed by atoms with van der Waals surface area (Å²) < 4.78 is 24.6. The number of rotatable bonds is 4. The van der Waals surface area contributed by atoms with Crippen molar-refractivity contribution in [2.45, 2.75) is 39.0 Å². The van der Waals surface area contributed by atoms with E-state index in [4.69, 9.17) is 9.47 Å². The number of hydrogen-bond acceptors (Lipinski definition) is 4. The number of nitrogens with one attached hydrogen (secondary N) is 2. The van der Waals surface area contributed by atoms with Crippen LogP contribution in [-0.4, -0.2) is 29.3 Å². The second kappa shape index (κ2) is 6.60. The molecule has 0 radical (unpaired) electrons. The van der Waals surface area contributed by atoms with Crippen molar-refractivity contribution in [3.05, 3.63) is 46.5 Å². The van der Waals surface area contributed by atoms with Crippen molar-refractivity contribution in [3.63, 3.8) is 0 Å². The van der Waals surface area contributed by atoms with E-state index in [1.54, 1.807) is 12.1 Å². The molecule has 2 N–H and O–H groups in total. The number of H-pyrrole nitrogens is 1. The summed E-state index contributed by atoms with van der Waals surface area (Å²) in [6.07, 6.45) is 0.517. The molecule has 24 heavy (non-hydrogen) atoms. The number of aromatic amines is 1. The molecule has 2 heterocycles. The molecule has 1 aliphatic rings. The van der Waals surface area contributed by atoms with Crippen LogP contribution in [0.25, 0.3) is 0 Å². The highest BCUT2D eigenvalue weighted by molar-refractivity contribution is 5.94. The van der Waals surface area contributed by atoms with Gasteiger partial charge in [-0.3, -0.25) is 9.89 Å². The molecule has 0 saturated carbocycles. The summed E-state index contributed by atoms with van der Waals surface area (Å²) in [5.41, 5.74) is 2.43. The van der Waals surface area contributed by atoms with Gasteiger partial charge in [-0.15, -0.1) is 0 Å². The minimum atomic E-state index is -0.422. The summed E-state index contributed by atoms with van der Waals surface area (Å²) >= 11 is 0. The van der Waals surface area contributed by atoms with E-state index in [1.165, 1.54) is 13.2 Å². The SMILES string of the molecule is COc1ccc(CNC(=O)c2n[nH]c3c2C[C@H](C)O[C@@H]3C)c(F)c1.